The molecule has 0 bridgehead atoms. The molecule has 0 spiro atoms. The van der Waals surface area contributed by atoms with Gasteiger partial charge < -0.3 is 9.64 Å². The minimum atomic E-state index is 0.0759. The molecule has 0 N–H and O–H groups in total. The Kier molecular flexibility index (Phi) is 2.58. The zero-order valence-electron chi connectivity index (χ0n) is 10.6. The van der Waals surface area contributed by atoms with Crippen molar-refractivity contribution in [2.24, 2.45) is 4.99 Å². The molecule has 0 radical (unpaired) electrons. The van der Waals surface area contributed by atoms with E-state index >= 15 is 0 Å². The van der Waals surface area contributed by atoms with Crippen molar-refractivity contribution in [2.75, 3.05) is 13.7 Å². The summed E-state index contributed by atoms with van der Waals surface area (Å²) in [4.78, 5) is 19.1. The van der Waals surface area contributed by atoms with E-state index in [9.17, 15) is 4.79 Å². The lowest BCUT2D eigenvalue weighted by Crippen LogP contribution is -2.38. The van der Waals surface area contributed by atoms with Gasteiger partial charge in [-0.3, -0.25) is 9.79 Å². The van der Waals surface area contributed by atoms with E-state index in [0.717, 1.165) is 30.8 Å². The SMILES string of the molecule is COc1ccc2c(c1)C(=O)N1CCCC1C(C)=N2. The highest BCUT2D eigenvalue weighted by molar-refractivity contribution is 6.06. The second kappa shape index (κ2) is 4.12. The molecule has 18 heavy (non-hydrogen) atoms. The zero-order valence-corrected chi connectivity index (χ0v) is 10.6. The van der Waals surface area contributed by atoms with Gasteiger partial charge in [0, 0.05) is 12.3 Å². The van der Waals surface area contributed by atoms with Crippen LogP contribution in [0.5, 0.6) is 5.75 Å². The van der Waals surface area contributed by atoms with Gasteiger partial charge in [0.25, 0.3) is 5.91 Å². The van der Waals surface area contributed by atoms with Crippen molar-refractivity contribution in [1.82, 2.24) is 4.90 Å². The monoisotopic (exact) mass is 244 g/mol. The first kappa shape index (κ1) is 11.3. The third kappa shape index (κ3) is 1.60. The van der Waals surface area contributed by atoms with Crippen LogP contribution in [0.15, 0.2) is 23.2 Å². The van der Waals surface area contributed by atoms with Gasteiger partial charge in [0.05, 0.1) is 24.4 Å². The number of hydrogen-bond acceptors (Lipinski definition) is 3. The maximum absolute atomic E-state index is 12.5. The molecule has 1 fully saturated rings. The van der Waals surface area contributed by atoms with Crippen LogP contribution in [0.3, 0.4) is 0 Å². The molecule has 1 atom stereocenters. The van der Waals surface area contributed by atoms with E-state index in [1.165, 1.54) is 0 Å². The Morgan fingerprint density at radius 3 is 3.06 bits per heavy atom. The van der Waals surface area contributed by atoms with E-state index in [1.54, 1.807) is 13.2 Å². The standard InChI is InChI=1S/C14H16N2O2/c1-9-13-4-3-7-16(13)14(17)11-8-10(18-2)5-6-12(11)15-9/h5-6,8,13H,3-4,7H2,1-2H3. The fourth-order valence-electron chi connectivity index (χ4n) is 2.77. The predicted molar refractivity (Wildman–Crippen MR) is 69.8 cm³/mol. The second-order valence-electron chi connectivity index (χ2n) is 4.79. The third-order valence-corrected chi connectivity index (χ3v) is 3.73. The van der Waals surface area contributed by atoms with Gasteiger partial charge in [0.1, 0.15) is 5.75 Å². The maximum atomic E-state index is 12.5. The lowest BCUT2D eigenvalue weighted by atomic mass is 10.1. The summed E-state index contributed by atoms with van der Waals surface area (Å²) in [6.07, 6.45) is 2.08. The summed E-state index contributed by atoms with van der Waals surface area (Å²) in [7, 11) is 1.61. The van der Waals surface area contributed by atoms with Crippen molar-refractivity contribution in [3.8, 4) is 5.75 Å². The van der Waals surface area contributed by atoms with Gasteiger partial charge in [-0.15, -0.1) is 0 Å². The Morgan fingerprint density at radius 1 is 1.44 bits per heavy atom. The van der Waals surface area contributed by atoms with Crippen LogP contribution in [0.4, 0.5) is 5.69 Å². The Hall–Kier alpha value is -1.84. The molecule has 1 unspecified atom stereocenters. The van der Waals surface area contributed by atoms with Gasteiger partial charge >= 0.3 is 0 Å². The molecule has 1 aromatic carbocycles. The number of amides is 1. The predicted octanol–water partition coefficient (Wildman–Crippen LogP) is 2.41. The molecule has 0 saturated carbocycles. The molecule has 1 saturated heterocycles. The normalized spacial score (nSPS) is 22.1. The van der Waals surface area contributed by atoms with Crippen LogP contribution in [-0.2, 0) is 0 Å². The van der Waals surface area contributed by atoms with Gasteiger partial charge in [-0.1, -0.05) is 0 Å². The van der Waals surface area contributed by atoms with Crippen LogP contribution in [0, 0.1) is 0 Å². The second-order valence-corrected chi connectivity index (χ2v) is 4.79. The first-order valence-corrected chi connectivity index (χ1v) is 6.25. The fraction of sp³-hybridized carbons (Fsp3) is 0.429. The van der Waals surface area contributed by atoms with Gasteiger partial charge in [-0.25, -0.2) is 0 Å². The van der Waals surface area contributed by atoms with Crippen LogP contribution >= 0.6 is 0 Å². The molecular formula is C14H16N2O2. The first-order valence-electron chi connectivity index (χ1n) is 6.25. The number of carbonyl (C=O) groups excluding carboxylic acids is 1. The van der Waals surface area contributed by atoms with Crippen molar-refractivity contribution >= 4 is 17.3 Å². The lowest BCUT2D eigenvalue weighted by molar-refractivity contribution is 0.0772. The number of methoxy groups -OCH3 is 1. The summed E-state index contributed by atoms with van der Waals surface area (Å²) in [5.41, 5.74) is 2.44. The van der Waals surface area contributed by atoms with E-state index in [2.05, 4.69) is 4.99 Å². The molecule has 4 heteroatoms. The van der Waals surface area contributed by atoms with Gasteiger partial charge in [0.2, 0.25) is 0 Å². The maximum Gasteiger partial charge on any atom is 0.256 e. The van der Waals surface area contributed by atoms with Crippen LogP contribution in [0.2, 0.25) is 0 Å². The summed E-state index contributed by atoms with van der Waals surface area (Å²) in [5, 5.41) is 0. The Labute approximate surface area is 106 Å². The van der Waals surface area contributed by atoms with E-state index < -0.39 is 0 Å². The number of carbonyl (C=O) groups is 1. The third-order valence-electron chi connectivity index (χ3n) is 3.73. The molecular weight excluding hydrogens is 228 g/mol. The number of fused-ring (bicyclic) bond motifs is 2. The minimum absolute atomic E-state index is 0.0759. The smallest absolute Gasteiger partial charge is 0.256 e. The lowest BCUT2D eigenvalue weighted by Gasteiger charge is -2.22. The zero-order chi connectivity index (χ0) is 12.7. The largest absolute Gasteiger partial charge is 0.497 e. The van der Waals surface area contributed by atoms with Gasteiger partial charge in [-0.2, -0.15) is 0 Å². The average molecular weight is 244 g/mol. The molecule has 2 aliphatic heterocycles. The molecule has 2 heterocycles. The molecule has 1 amide bonds. The quantitative estimate of drug-likeness (QED) is 0.761. The van der Waals surface area contributed by atoms with Crippen molar-refractivity contribution in [3.63, 3.8) is 0 Å². The summed E-state index contributed by atoms with van der Waals surface area (Å²) >= 11 is 0. The summed E-state index contributed by atoms with van der Waals surface area (Å²) in [6.45, 7) is 2.84. The number of hydrogen-bond donors (Lipinski definition) is 0. The van der Waals surface area contributed by atoms with E-state index in [-0.39, 0.29) is 11.9 Å². The van der Waals surface area contributed by atoms with E-state index in [4.69, 9.17) is 4.74 Å². The Morgan fingerprint density at radius 2 is 2.28 bits per heavy atom. The van der Waals surface area contributed by atoms with Crippen LogP contribution in [0.25, 0.3) is 0 Å². The van der Waals surface area contributed by atoms with Crippen LogP contribution in [-0.4, -0.2) is 36.2 Å². The molecule has 3 rings (SSSR count). The molecule has 0 aromatic heterocycles. The highest BCUT2D eigenvalue weighted by Gasteiger charge is 2.34. The minimum Gasteiger partial charge on any atom is -0.497 e. The van der Waals surface area contributed by atoms with Crippen LogP contribution < -0.4 is 4.74 Å². The summed E-state index contributed by atoms with van der Waals surface area (Å²) in [5.74, 6) is 0.777. The van der Waals surface area contributed by atoms with Crippen LogP contribution in [0.1, 0.15) is 30.1 Å². The highest BCUT2D eigenvalue weighted by atomic mass is 16.5. The number of ether oxygens (including phenoxy) is 1. The van der Waals surface area contributed by atoms with Gasteiger partial charge in [0.15, 0.2) is 0 Å². The summed E-state index contributed by atoms with van der Waals surface area (Å²) in [6, 6.07) is 5.67. The average Bonchev–Trinajstić information content (AvgIpc) is 2.84. The number of rotatable bonds is 1. The first-order chi connectivity index (χ1) is 8.70. The number of nitrogens with zero attached hydrogens (tertiary/aromatic N) is 2. The molecule has 94 valence electrons. The van der Waals surface area contributed by atoms with Gasteiger partial charge in [-0.05, 0) is 38.0 Å². The number of aliphatic imine (C=N–C) groups is 1. The van der Waals surface area contributed by atoms with Crippen molar-refractivity contribution < 1.29 is 9.53 Å². The highest BCUT2D eigenvalue weighted by Crippen LogP contribution is 2.32. The summed E-state index contributed by atoms with van der Waals surface area (Å²) < 4.78 is 5.19. The Bertz CT molecular complexity index is 537. The molecule has 0 aliphatic carbocycles. The van der Waals surface area contributed by atoms with E-state index in [1.807, 2.05) is 24.0 Å². The Balaban J connectivity index is 2.13. The van der Waals surface area contributed by atoms with Crippen molar-refractivity contribution in [1.29, 1.82) is 0 Å². The molecule has 4 nitrogen and oxygen atoms in total. The van der Waals surface area contributed by atoms with Crippen molar-refractivity contribution in [2.45, 2.75) is 25.8 Å². The van der Waals surface area contributed by atoms with Crippen molar-refractivity contribution in [3.05, 3.63) is 23.8 Å². The fourth-order valence-corrected chi connectivity index (χ4v) is 2.77. The van der Waals surface area contributed by atoms with E-state index in [0.29, 0.717) is 11.3 Å². The number of benzene rings is 1. The molecule has 2 aliphatic rings. The molecule has 1 aromatic rings. The topological polar surface area (TPSA) is 41.9 Å².